The normalized spacial score (nSPS) is 11.5. The van der Waals surface area contributed by atoms with E-state index in [0.29, 0.717) is 39.3 Å². The topological polar surface area (TPSA) is 56.8 Å². The summed E-state index contributed by atoms with van der Waals surface area (Å²) < 4.78 is 20.5. The van der Waals surface area contributed by atoms with Crippen molar-refractivity contribution in [2.75, 3.05) is 26.4 Å². The Morgan fingerprint density at radius 2 is 1.17 bits per heavy atom. The van der Waals surface area contributed by atoms with Crippen LogP contribution >= 0.6 is 0 Å². The largest absolute Gasteiger partial charge is 0.666 e. The monoisotopic (exact) mass is 261 g/mol. The van der Waals surface area contributed by atoms with Crippen molar-refractivity contribution in [3.8, 4) is 0 Å². The molecule has 0 saturated heterocycles. The second-order valence-electron chi connectivity index (χ2n) is 4.58. The van der Waals surface area contributed by atoms with Gasteiger partial charge in [0.15, 0.2) is 0 Å². The third-order valence-corrected chi connectivity index (χ3v) is 1.99. The molecular formula is C12H26BO5. The van der Waals surface area contributed by atoms with Crippen molar-refractivity contribution in [3.05, 3.63) is 0 Å². The lowest BCUT2D eigenvalue weighted by molar-refractivity contribution is 0.0467. The standard InChI is InChI=1S/C12H26BO5/c1-11(2)15-7-5-9-17-13(14)18-10-6-8-16-12(3)4/h11-12H,5-10H2,1-4H3. The Balaban J connectivity index is 3.19. The fourth-order valence-electron chi connectivity index (χ4n) is 1.16. The maximum Gasteiger partial charge on any atom is 0.666 e. The molecule has 0 spiro atoms. The molecule has 5 nitrogen and oxygen atoms in total. The molecule has 0 aliphatic heterocycles. The van der Waals surface area contributed by atoms with Crippen molar-refractivity contribution in [1.29, 1.82) is 0 Å². The van der Waals surface area contributed by atoms with Crippen molar-refractivity contribution < 1.29 is 23.8 Å². The second-order valence-corrected chi connectivity index (χ2v) is 4.58. The van der Waals surface area contributed by atoms with Crippen LogP contribution in [-0.4, -0.2) is 46.0 Å². The third-order valence-electron chi connectivity index (χ3n) is 1.99. The summed E-state index contributed by atoms with van der Waals surface area (Å²) in [6.07, 6.45) is 1.84. The zero-order valence-electron chi connectivity index (χ0n) is 12.0. The summed E-state index contributed by atoms with van der Waals surface area (Å²) in [6, 6.07) is 0. The van der Waals surface area contributed by atoms with Gasteiger partial charge in [0, 0.05) is 26.4 Å². The van der Waals surface area contributed by atoms with Gasteiger partial charge in [-0.05, 0) is 40.5 Å². The Kier molecular flexibility index (Phi) is 11.8. The molecule has 6 heteroatoms. The van der Waals surface area contributed by atoms with Crippen LogP contribution in [0, 0.1) is 0 Å². The maximum atomic E-state index is 11.2. The van der Waals surface area contributed by atoms with Gasteiger partial charge >= 0.3 is 7.32 Å². The van der Waals surface area contributed by atoms with E-state index in [1.807, 2.05) is 27.7 Å². The second kappa shape index (κ2) is 11.9. The van der Waals surface area contributed by atoms with Crippen LogP contribution in [0.4, 0.5) is 0 Å². The first kappa shape index (κ1) is 17.9. The molecule has 0 atom stereocenters. The van der Waals surface area contributed by atoms with Gasteiger partial charge in [-0.1, -0.05) is 0 Å². The summed E-state index contributed by atoms with van der Waals surface area (Å²) in [5.74, 6) is 0. The quantitative estimate of drug-likeness (QED) is 0.398. The molecule has 107 valence electrons. The molecule has 0 aromatic heterocycles. The highest BCUT2D eigenvalue weighted by atomic mass is 16.7. The zero-order chi connectivity index (χ0) is 13.8. The van der Waals surface area contributed by atoms with Gasteiger partial charge in [0.1, 0.15) is 0 Å². The fourth-order valence-corrected chi connectivity index (χ4v) is 1.16. The predicted octanol–water partition coefficient (Wildman–Crippen LogP) is 2.07. The van der Waals surface area contributed by atoms with Gasteiger partial charge in [0.25, 0.3) is 0 Å². The maximum absolute atomic E-state index is 11.2. The molecule has 0 amide bonds. The first-order valence-electron chi connectivity index (χ1n) is 6.64. The summed E-state index contributed by atoms with van der Waals surface area (Å²) >= 11 is 0. The van der Waals surface area contributed by atoms with Crippen LogP contribution in [0.3, 0.4) is 0 Å². The van der Waals surface area contributed by atoms with Crippen molar-refractivity contribution >= 4 is 7.32 Å². The Morgan fingerprint density at radius 1 is 0.778 bits per heavy atom. The molecule has 0 aromatic rings. The summed E-state index contributed by atoms with van der Waals surface area (Å²) in [4.78, 5) is 0. The average Bonchev–Trinajstić information content (AvgIpc) is 2.27. The van der Waals surface area contributed by atoms with E-state index in [1.54, 1.807) is 0 Å². The molecule has 0 rings (SSSR count). The molecule has 0 heterocycles. The summed E-state index contributed by atoms with van der Waals surface area (Å²) in [6.45, 7) is 9.82. The van der Waals surface area contributed by atoms with E-state index in [4.69, 9.17) is 18.8 Å². The van der Waals surface area contributed by atoms with E-state index in [-0.39, 0.29) is 12.2 Å². The van der Waals surface area contributed by atoms with Crippen LogP contribution in [0.2, 0.25) is 0 Å². The number of hydrogen-bond acceptors (Lipinski definition) is 4. The van der Waals surface area contributed by atoms with Crippen LogP contribution in [0.15, 0.2) is 0 Å². The molecule has 0 unspecified atom stereocenters. The van der Waals surface area contributed by atoms with Crippen LogP contribution in [0.25, 0.3) is 0 Å². The highest BCUT2D eigenvalue weighted by molar-refractivity contribution is 6.34. The lowest BCUT2D eigenvalue weighted by atomic mass is 10.2. The van der Waals surface area contributed by atoms with E-state index in [1.165, 1.54) is 0 Å². The van der Waals surface area contributed by atoms with Gasteiger partial charge in [-0.2, -0.15) is 0 Å². The molecule has 0 fully saturated rings. The first-order valence-corrected chi connectivity index (χ1v) is 6.64. The Morgan fingerprint density at radius 3 is 1.50 bits per heavy atom. The van der Waals surface area contributed by atoms with Crippen LogP contribution < -0.4 is 0 Å². The predicted molar refractivity (Wildman–Crippen MR) is 69.8 cm³/mol. The molecule has 0 saturated carbocycles. The van der Waals surface area contributed by atoms with Gasteiger partial charge in [-0.3, -0.25) is 0 Å². The molecule has 18 heavy (non-hydrogen) atoms. The van der Waals surface area contributed by atoms with Crippen molar-refractivity contribution in [2.24, 2.45) is 0 Å². The highest BCUT2D eigenvalue weighted by Crippen LogP contribution is 1.95. The van der Waals surface area contributed by atoms with Crippen LogP contribution in [-0.2, 0) is 23.8 Å². The van der Waals surface area contributed by atoms with Crippen molar-refractivity contribution in [1.82, 2.24) is 0 Å². The summed E-state index contributed by atoms with van der Waals surface area (Å²) in [5, 5.41) is 11.2. The highest BCUT2D eigenvalue weighted by Gasteiger charge is 2.17. The Bertz CT molecular complexity index is 160. The van der Waals surface area contributed by atoms with E-state index in [0.717, 1.165) is 0 Å². The average molecular weight is 261 g/mol. The van der Waals surface area contributed by atoms with Gasteiger partial charge in [0.05, 0.1) is 12.2 Å². The molecule has 1 radical (unpaired) electrons. The lowest BCUT2D eigenvalue weighted by Crippen LogP contribution is -2.23. The molecular weight excluding hydrogens is 235 g/mol. The lowest BCUT2D eigenvalue weighted by Gasteiger charge is -2.10. The van der Waals surface area contributed by atoms with Gasteiger partial charge in [-0.25, -0.2) is 5.02 Å². The Hall–Kier alpha value is -0.135. The SMILES string of the molecule is CC(C)OCCCOB([O])OCCCOC(C)C. The zero-order valence-corrected chi connectivity index (χ0v) is 12.0. The molecule has 0 aliphatic rings. The minimum Gasteiger partial charge on any atom is -0.384 e. The third kappa shape index (κ3) is 13.9. The van der Waals surface area contributed by atoms with Crippen LogP contribution in [0.1, 0.15) is 40.5 Å². The van der Waals surface area contributed by atoms with E-state index < -0.39 is 7.32 Å². The minimum absolute atomic E-state index is 0.213. The molecule has 0 N–H and O–H groups in total. The van der Waals surface area contributed by atoms with Gasteiger partial charge in [0.2, 0.25) is 0 Å². The molecule has 0 aromatic carbocycles. The van der Waals surface area contributed by atoms with Crippen molar-refractivity contribution in [3.63, 3.8) is 0 Å². The van der Waals surface area contributed by atoms with Crippen LogP contribution in [0.5, 0.6) is 0 Å². The molecule has 0 bridgehead atoms. The smallest absolute Gasteiger partial charge is 0.384 e. The number of ether oxygens (including phenoxy) is 2. The Labute approximate surface area is 111 Å². The van der Waals surface area contributed by atoms with E-state index >= 15 is 0 Å². The van der Waals surface area contributed by atoms with Gasteiger partial charge < -0.3 is 18.8 Å². The number of hydrogen-bond donors (Lipinski definition) is 0. The fraction of sp³-hybridized carbons (Fsp3) is 1.00. The molecule has 0 aliphatic carbocycles. The van der Waals surface area contributed by atoms with Crippen molar-refractivity contribution in [2.45, 2.75) is 52.7 Å². The summed E-state index contributed by atoms with van der Waals surface area (Å²) in [7, 11) is -1.40. The first-order chi connectivity index (χ1) is 8.52. The minimum atomic E-state index is -1.40. The van der Waals surface area contributed by atoms with E-state index in [9.17, 15) is 5.02 Å². The van der Waals surface area contributed by atoms with Gasteiger partial charge in [-0.15, -0.1) is 0 Å². The summed E-state index contributed by atoms with van der Waals surface area (Å²) in [5.41, 5.74) is 0. The van der Waals surface area contributed by atoms with E-state index in [2.05, 4.69) is 0 Å². The number of rotatable bonds is 12.